The van der Waals surface area contributed by atoms with Crippen LogP contribution in [0.3, 0.4) is 0 Å². The van der Waals surface area contributed by atoms with E-state index < -0.39 is 0 Å². The molecule has 0 saturated heterocycles. The predicted octanol–water partition coefficient (Wildman–Crippen LogP) is 4.20. The summed E-state index contributed by atoms with van der Waals surface area (Å²) in [5.74, 6) is 0. The average molecular weight is 206 g/mol. The quantitative estimate of drug-likeness (QED) is 0.483. The largest absolute Gasteiger partial charge is 0.0844 e. The topological polar surface area (TPSA) is 0 Å². The zero-order valence-electron chi connectivity index (χ0n) is 9.19. The van der Waals surface area contributed by atoms with Gasteiger partial charge in [-0.3, -0.25) is 0 Å². The molecule has 0 saturated carbocycles. The summed E-state index contributed by atoms with van der Waals surface area (Å²) in [6, 6.07) is 17.3. The minimum Gasteiger partial charge on any atom is -0.0844 e. The fourth-order valence-electron chi connectivity index (χ4n) is 2.08. The van der Waals surface area contributed by atoms with Gasteiger partial charge in [-0.05, 0) is 35.1 Å². The lowest BCUT2D eigenvalue weighted by molar-refractivity contribution is 1.26. The molecule has 0 heterocycles. The van der Waals surface area contributed by atoms with Crippen LogP contribution in [-0.2, 0) is 6.42 Å². The van der Waals surface area contributed by atoms with Gasteiger partial charge in [-0.25, -0.2) is 0 Å². The zero-order valence-corrected chi connectivity index (χ0v) is 9.19. The molecule has 0 atom stereocenters. The zero-order chi connectivity index (χ0) is 10.8. The van der Waals surface area contributed by atoms with Crippen LogP contribution in [0.25, 0.3) is 11.1 Å². The van der Waals surface area contributed by atoms with E-state index in [1.54, 1.807) is 0 Å². The molecule has 4 rings (SSSR count). The smallest absolute Gasteiger partial charge is 0.00135 e. The van der Waals surface area contributed by atoms with Gasteiger partial charge in [0.1, 0.15) is 0 Å². The maximum absolute atomic E-state index is 2.22. The van der Waals surface area contributed by atoms with Crippen LogP contribution in [-0.4, -0.2) is 0 Å². The lowest BCUT2D eigenvalue weighted by Crippen LogP contribution is -1.77. The van der Waals surface area contributed by atoms with E-state index in [0.29, 0.717) is 0 Å². The number of rotatable bonds is 0. The predicted molar refractivity (Wildman–Crippen MR) is 68.4 cm³/mol. The maximum atomic E-state index is 2.22. The maximum Gasteiger partial charge on any atom is -0.00135 e. The highest BCUT2D eigenvalue weighted by atomic mass is 14.2. The van der Waals surface area contributed by atoms with Gasteiger partial charge in [-0.1, -0.05) is 60.7 Å². The van der Waals surface area contributed by atoms with E-state index in [9.17, 15) is 0 Å². The van der Waals surface area contributed by atoms with Gasteiger partial charge in [0, 0.05) is 0 Å². The molecule has 16 heavy (non-hydrogen) atoms. The molecule has 0 heteroatoms. The molecular formula is C16H14. The van der Waals surface area contributed by atoms with E-state index in [4.69, 9.17) is 0 Å². The third-order valence-electron chi connectivity index (χ3n) is 2.94. The Labute approximate surface area is 96.3 Å². The number of hydrogen-bond donors (Lipinski definition) is 0. The Morgan fingerprint density at radius 1 is 0.625 bits per heavy atom. The summed E-state index contributed by atoms with van der Waals surface area (Å²) in [5, 5.41) is 0. The number of fused-ring (bicyclic) bond motifs is 3. The van der Waals surface area contributed by atoms with E-state index in [1.165, 1.54) is 28.7 Å². The molecule has 2 aliphatic carbocycles. The summed E-state index contributed by atoms with van der Waals surface area (Å²) in [4.78, 5) is 0. The molecule has 0 spiro atoms. The Hall–Kier alpha value is -1.82. The summed E-state index contributed by atoms with van der Waals surface area (Å²) in [6.07, 6.45) is 6.60. The van der Waals surface area contributed by atoms with Gasteiger partial charge < -0.3 is 0 Å². The first-order valence-corrected chi connectivity index (χ1v) is 5.76. The number of benzene rings is 2. The highest BCUT2D eigenvalue weighted by molar-refractivity contribution is 5.76. The Balaban J connectivity index is 0.000000235. The summed E-state index contributed by atoms with van der Waals surface area (Å²) < 4.78 is 0. The molecule has 2 aromatic rings. The summed E-state index contributed by atoms with van der Waals surface area (Å²) in [6.45, 7) is 0. The highest BCUT2D eigenvalue weighted by Crippen LogP contribution is 2.35. The van der Waals surface area contributed by atoms with Crippen molar-refractivity contribution in [2.45, 2.75) is 12.8 Å². The van der Waals surface area contributed by atoms with Gasteiger partial charge in [0.15, 0.2) is 0 Å². The Morgan fingerprint density at radius 3 is 1.50 bits per heavy atom. The minimum atomic E-state index is 1.10. The van der Waals surface area contributed by atoms with Crippen LogP contribution in [0.1, 0.15) is 17.5 Å². The molecule has 0 N–H and O–H groups in total. The van der Waals surface area contributed by atoms with Crippen molar-refractivity contribution in [2.75, 3.05) is 0 Å². The van der Waals surface area contributed by atoms with Gasteiger partial charge in [0.05, 0.1) is 0 Å². The van der Waals surface area contributed by atoms with Crippen molar-refractivity contribution in [2.24, 2.45) is 0 Å². The lowest BCUT2D eigenvalue weighted by atomic mass is 10.1. The van der Waals surface area contributed by atoms with E-state index in [-0.39, 0.29) is 0 Å². The molecule has 2 aromatic carbocycles. The second-order valence-electron chi connectivity index (χ2n) is 4.20. The first-order valence-electron chi connectivity index (χ1n) is 5.76. The minimum absolute atomic E-state index is 1.10. The van der Waals surface area contributed by atoms with Crippen molar-refractivity contribution in [3.8, 4) is 11.1 Å². The monoisotopic (exact) mass is 206 g/mol. The second kappa shape index (κ2) is 3.97. The summed E-state index contributed by atoms with van der Waals surface area (Å²) in [7, 11) is 0. The van der Waals surface area contributed by atoms with Crippen molar-refractivity contribution < 1.29 is 0 Å². The second-order valence-corrected chi connectivity index (χ2v) is 4.20. The number of allylic oxidation sites excluding steroid dienone is 2. The van der Waals surface area contributed by atoms with E-state index in [2.05, 4.69) is 60.7 Å². The molecule has 78 valence electrons. The molecule has 0 unspecified atom stereocenters. The molecule has 0 bridgehead atoms. The van der Waals surface area contributed by atoms with Crippen molar-refractivity contribution in [1.82, 2.24) is 0 Å². The van der Waals surface area contributed by atoms with Crippen molar-refractivity contribution in [1.29, 1.82) is 0 Å². The van der Waals surface area contributed by atoms with Crippen LogP contribution in [0.4, 0.5) is 0 Å². The fraction of sp³-hybridized carbons (Fsp3) is 0.125. The van der Waals surface area contributed by atoms with E-state index in [1.807, 2.05) is 0 Å². The van der Waals surface area contributed by atoms with Gasteiger partial charge >= 0.3 is 0 Å². The van der Waals surface area contributed by atoms with Crippen LogP contribution in [0.15, 0.2) is 60.7 Å². The van der Waals surface area contributed by atoms with Crippen molar-refractivity contribution >= 4 is 0 Å². The third-order valence-corrected chi connectivity index (χ3v) is 2.94. The Bertz CT molecular complexity index is 488. The SMILES string of the molecule is C1=CC1.c1ccc2c(c1)Cc1ccccc1-2. The van der Waals surface area contributed by atoms with Gasteiger partial charge in [-0.15, -0.1) is 0 Å². The first kappa shape index (κ1) is 9.41. The molecule has 2 aliphatic rings. The number of hydrogen-bond acceptors (Lipinski definition) is 0. The normalized spacial score (nSPS) is 13.5. The lowest BCUT2D eigenvalue weighted by Gasteiger charge is -1.98. The van der Waals surface area contributed by atoms with Crippen molar-refractivity contribution in [3.05, 3.63) is 71.8 Å². The van der Waals surface area contributed by atoms with E-state index in [0.717, 1.165) is 6.42 Å². The van der Waals surface area contributed by atoms with Crippen LogP contribution in [0, 0.1) is 0 Å². The fourth-order valence-corrected chi connectivity index (χ4v) is 2.08. The molecule has 0 aliphatic heterocycles. The molecular weight excluding hydrogens is 192 g/mol. The standard InChI is InChI=1S/C13H10.C3H4/c1-3-7-12-10(5-1)9-11-6-2-4-8-13(11)12;1-2-3-1/h1-8H,9H2;1-2H,3H2. The van der Waals surface area contributed by atoms with Crippen molar-refractivity contribution in [3.63, 3.8) is 0 Å². The average Bonchev–Trinajstić information content (AvgIpc) is 3.16. The van der Waals surface area contributed by atoms with E-state index >= 15 is 0 Å². The van der Waals surface area contributed by atoms with Gasteiger partial charge in [-0.2, -0.15) is 0 Å². The van der Waals surface area contributed by atoms with Crippen LogP contribution >= 0.6 is 0 Å². The van der Waals surface area contributed by atoms with Gasteiger partial charge in [0.2, 0.25) is 0 Å². The third kappa shape index (κ3) is 1.79. The molecule has 0 fully saturated rings. The van der Waals surface area contributed by atoms with Crippen LogP contribution in [0.2, 0.25) is 0 Å². The van der Waals surface area contributed by atoms with Crippen LogP contribution < -0.4 is 0 Å². The van der Waals surface area contributed by atoms with Gasteiger partial charge in [0.25, 0.3) is 0 Å². The molecule has 0 radical (unpaired) electrons. The molecule has 0 amide bonds. The molecule has 0 aromatic heterocycles. The summed E-state index contributed by atoms with van der Waals surface area (Å²) in [5.41, 5.74) is 5.75. The molecule has 0 nitrogen and oxygen atoms in total. The first-order chi connectivity index (χ1) is 7.95. The van der Waals surface area contributed by atoms with Crippen LogP contribution in [0.5, 0.6) is 0 Å². The Kier molecular flexibility index (Phi) is 2.34. The Morgan fingerprint density at radius 2 is 1.06 bits per heavy atom. The highest BCUT2D eigenvalue weighted by Gasteiger charge is 2.15. The summed E-state index contributed by atoms with van der Waals surface area (Å²) >= 11 is 0.